The summed E-state index contributed by atoms with van der Waals surface area (Å²) in [5.74, 6) is -0.973. The molecular formula is C36H60N2O4. The molecule has 0 aliphatic carbocycles. The summed E-state index contributed by atoms with van der Waals surface area (Å²) in [6.07, 6.45) is 3.51. The van der Waals surface area contributed by atoms with Crippen LogP contribution in [0.15, 0.2) is 24.3 Å². The number of likely N-dealkylation sites (tertiary alicyclic amines) is 2. The highest BCUT2D eigenvalue weighted by Gasteiger charge is 2.57. The van der Waals surface area contributed by atoms with Crippen molar-refractivity contribution in [3.63, 3.8) is 0 Å². The first-order chi connectivity index (χ1) is 19.1. The van der Waals surface area contributed by atoms with Crippen LogP contribution in [0.5, 0.6) is 0 Å². The lowest BCUT2D eigenvalue weighted by Crippen LogP contribution is -2.67. The molecule has 4 fully saturated rings. The van der Waals surface area contributed by atoms with Crippen molar-refractivity contribution in [2.45, 2.75) is 156 Å². The van der Waals surface area contributed by atoms with Crippen molar-refractivity contribution in [3.8, 4) is 0 Å². The van der Waals surface area contributed by atoms with E-state index >= 15 is 0 Å². The Bertz CT molecular complexity index is 985. The molecule has 4 saturated heterocycles. The summed E-state index contributed by atoms with van der Waals surface area (Å²) in [7, 11) is 0. The van der Waals surface area contributed by atoms with Gasteiger partial charge in [-0.05, 0) is 66.5 Å². The zero-order valence-electron chi connectivity index (χ0n) is 28.9. The highest BCUT2D eigenvalue weighted by molar-refractivity contribution is 5.24. The van der Waals surface area contributed by atoms with E-state index in [1.807, 2.05) is 0 Å². The van der Waals surface area contributed by atoms with Crippen molar-refractivity contribution >= 4 is 0 Å². The second-order valence-corrected chi connectivity index (χ2v) is 18.3. The third-order valence-corrected chi connectivity index (χ3v) is 10.3. The maximum atomic E-state index is 6.49. The van der Waals surface area contributed by atoms with Crippen molar-refractivity contribution in [2.75, 3.05) is 26.4 Å². The molecule has 4 aliphatic rings. The van der Waals surface area contributed by atoms with E-state index in [0.29, 0.717) is 0 Å². The summed E-state index contributed by atoms with van der Waals surface area (Å²) in [5.41, 5.74) is 2.63. The minimum atomic E-state index is -0.487. The Hall–Kier alpha value is -1.02. The summed E-state index contributed by atoms with van der Waals surface area (Å²) in [4.78, 5) is 5.32. The van der Waals surface area contributed by atoms with Crippen molar-refractivity contribution in [1.29, 1.82) is 0 Å². The second-order valence-electron chi connectivity index (χ2n) is 18.3. The molecular weight excluding hydrogens is 524 g/mol. The van der Waals surface area contributed by atoms with Gasteiger partial charge in [-0.1, -0.05) is 52.0 Å². The molecule has 0 aromatic heterocycles. The highest BCUT2D eigenvalue weighted by atomic mass is 16.7. The zero-order chi connectivity index (χ0) is 31.0. The van der Waals surface area contributed by atoms with Gasteiger partial charge in [0.1, 0.15) is 0 Å². The first kappa shape index (κ1) is 32.4. The number of piperidine rings is 2. The van der Waals surface area contributed by atoms with Crippen molar-refractivity contribution in [2.24, 2.45) is 10.8 Å². The molecule has 1 aromatic carbocycles. The van der Waals surface area contributed by atoms with Gasteiger partial charge in [-0.3, -0.25) is 9.80 Å². The zero-order valence-corrected chi connectivity index (χ0v) is 28.9. The average Bonchev–Trinajstić information content (AvgIpc) is 2.83. The molecule has 6 nitrogen and oxygen atoms in total. The van der Waals surface area contributed by atoms with E-state index < -0.39 is 11.6 Å². The Morgan fingerprint density at radius 1 is 0.452 bits per heavy atom. The summed E-state index contributed by atoms with van der Waals surface area (Å²) >= 11 is 0. The Labute approximate surface area is 256 Å². The number of hydrogen-bond donors (Lipinski definition) is 0. The quantitative estimate of drug-likeness (QED) is 0.365. The van der Waals surface area contributed by atoms with Gasteiger partial charge < -0.3 is 18.9 Å². The summed E-state index contributed by atoms with van der Waals surface area (Å²) in [6.45, 7) is 32.5. The lowest BCUT2D eigenvalue weighted by molar-refractivity contribution is -0.339. The largest absolute Gasteiger partial charge is 0.349 e. The van der Waals surface area contributed by atoms with E-state index in [1.165, 1.54) is 11.1 Å². The fourth-order valence-corrected chi connectivity index (χ4v) is 8.64. The molecule has 0 radical (unpaired) electrons. The van der Waals surface area contributed by atoms with Gasteiger partial charge in [-0.2, -0.15) is 0 Å². The van der Waals surface area contributed by atoms with E-state index in [1.54, 1.807) is 0 Å². The first-order valence-corrected chi connectivity index (χ1v) is 16.3. The molecule has 4 aliphatic heterocycles. The Morgan fingerprint density at radius 3 is 0.929 bits per heavy atom. The Morgan fingerprint density at radius 2 is 0.690 bits per heavy atom. The lowest BCUT2D eigenvalue weighted by atomic mass is 9.74. The van der Waals surface area contributed by atoms with Gasteiger partial charge >= 0.3 is 0 Å². The monoisotopic (exact) mass is 584 g/mol. The third-order valence-electron chi connectivity index (χ3n) is 10.3. The molecule has 4 heterocycles. The van der Waals surface area contributed by atoms with Gasteiger partial charge in [-0.15, -0.1) is 0 Å². The predicted octanol–water partition coefficient (Wildman–Crippen LogP) is 7.53. The second kappa shape index (κ2) is 10.3. The summed E-state index contributed by atoms with van der Waals surface area (Å²) in [6, 6.07) is 9.34. The molecule has 0 atom stereocenters. The number of benzene rings is 1. The summed E-state index contributed by atoms with van der Waals surface area (Å²) < 4.78 is 26.0. The highest BCUT2D eigenvalue weighted by Crippen LogP contribution is 2.50. The fourth-order valence-electron chi connectivity index (χ4n) is 8.64. The SMILES string of the molecule is CC1(C)COC2(CC(C)(C)N(Cc3ccc(CN4C(C)(C)CC5(CC4(C)C)OCC(C)(C)CO5)cc3)C(C)(C)C2)OC1. The van der Waals surface area contributed by atoms with E-state index in [-0.39, 0.29) is 33.0 Å². The fraction of sp³-hybridized carbons (Fsp3) is 0.833. The Balaban J connectivity index is 1.26. The number of ether oxygens (including phenoxy) is 4. The van der Waals surface area contributed by atoms with Crippen molar-refractivity contribution in [3.05, 3.63) is 35.4 Å². The number of hydrogen-bond acceptors (Lipinski definition) is 6. The molecule has 0 N–H and O–H groups in total. The molecule has 0 unspecified atom stereocenters. The number of nitrogens with zero attached hydrogens (tertiary/aromatic N) is 2. The topological polar surface area (TPSA) is 43.4 Å². The van der Waals surface area contributed by atoms with Gasteiger partial charge in [0, 0.05) is 71.8 Å². The minimum Gasteiger partial charge on any atom is -0.349 e. The van der Waals surface area contributed by atoms with Crippen molar-refractivity contribution < 1.29 is 18.9 Å². The van der Waals surface area contributed by atoms with Crippen LogP contribution in [0.4, 0.5) is 0 Å². The van der Waals surface area contributed by atoms with Crippen LogP contribution >= 0.6 is 0 Å². The minimum absolute atomic E-state index is 0.0574. The van der Waals surface area contributed by atoms with Gasteiger partial charge in [0.2, 0.25) is 0 Å². The van der Waals surface area contributed by atoms with Gasteiger partial charge in [0.15, 0.2) is 11.6 Å². The molecule has 5 rings (SSSR count). The Kier molecular flexibility index (Phi) is 7.90. The van der Waals surface area contributed by atoms with E-state index in [9.17, 15) is 0 Å². The molecule has 1 aromatic rings. The average molecular weight is 585 g/mol. The van der Waals surface area contributed by atoms with Crippen LogP contribution in [-0.2, 0) is 32.0 Å². The van der Waals surface area contributed by atoms with E-state index in [4.69, 9.17) is 18.9 Å². The van der Waals surface area contributed by atoms with Crippen LogP contribution in [0.1, 0.15) is 120 Å². The summed E-state index contributed by atoms with van der Waals surface area (Å²) in [5, 5.41) is 0. The van der Waals surface area contributed by atoms with E-state index in [0.717, 1.165) is 65.2 Å². The van der Waals surface area contributed by atoms with E-state index in [2.05, 4.69) is 117 Å². The normalized spacial score (nSPS) is 30.8. The third kappa shape index (κ3) is 6.50. The lowest BCUT2D eigenvalue weighted by Gasteiger charge is -2.60. The maximum absolute atomic E-state index is 6.49. The molecule has 0 saturated carbocycles. The van der Waals surface area contributed by atoms with Gasteiger partial charge in [0.25, 0.3) is 0 Å². The van der Waals surface area contributed by atoms with Crippen LogP contribution < -0.4 is 0 Å². The smallest absolute Gasteiger partial charge is 0.171 e. The number of rotatable bonds is 4. The predicted molar refractivity (Wildman–Crippen MR) is 169 cm³/mol. The first-order valence-electron chi connectivity index (χ1n) is 16.3. The van der Waals surface area contributed by atoms with Crippen LogP contribution in [0.2, 0.25) is 0 Å². The van der Waals surface area contributed by atoms with Crippen LogP contribution in [0.25, 0.3) is 0 Å². The molecule has 0 bridgehead atoms. The van der Waals surface area contributed by atoms with Gasteiger partial charge in [-0.25, -0.2) is 0 Å². The standard InChI is InChI=1S/C36H60N2O4/c1-29(2)23-39-35(40-24-29)19-31(5,6)37(32(7,8)20-35)17-27-13-15-28(16-14-27)18-38-33(9,10)21-36(22-34(38,11)12)41-25-30(3,4)26-42-36/h13-16H,17-26H2,1-12H3. The molecule has 6 heteroatoms. The van der Waals surface area contributed by atoms with Gasteiger partial charge in [0.05, 0.1) is 26.4 Å². The molecule has 2 spiro atoms. The molecule has 0 amide bonds. The molecule has 238 valence electrons. The van der Waals surface area contributed by atoms with Crippen LogP contribution in [-0.4, -0.2) is 70.0 Å². The van der Waals surface area contributed by atoms with Crippen LogP contribution in [0, 0.1) is 10.8 Å². The molecule has 42 heavy (non-hydrogen) atoms. The van der Waals surface area contributed by atoms with Crippen LogP contribution in [0.3, 0.4) is 0 Å². The van der Waals surface area contributed by atoms with Crippen molar-refractivity contribution in [1.82, 2.24) is 9.80 Å². The maximum Gasteiger partial charge on any atom is 0.171 e.